The molecule has 1 aromatic carbocycles. The number of aromatic nitrogens is 3. The lowest BCUT2D eigenvalue weighted by atomic mass is 10.1. The van der Waals surface area contributed by atoms with Crippen molar-refractivity contribution in [2.75, 3.05) is 0 Å². The maximum atomic E-state index is 12.5. The molecule has 0 spiro atoms. The van der Waals surface area contributed by atoms with E-state index in [-0.39, 0.29) is 11.3 Å². The van der Waals surface area contributed by atoms with E-state index in [4.69, 9.17) is 0 Å². The highest BCUT2D eigenvalue weighted by molar-refractivity contribution is 5.97. The molecule has 1 N–H and O–H groups in total. The molecule has 6 nitrogen and oxygen atoms in total. The fourth-order valence-corrected chi connectivity index (χ4v) is 3.22. The molecule has 134 valence electrons. The van der Waals surface area contributed by atoms with Gasteiger partial charge in [-0.15, -0.1) is 10.2 Å². The highest BCUT2D eigenvalue weighted by Gasteiger charge is 2.24. The number of nitrogens with zero attached hydrogens (tertiary/aromatic N) is 3. The monoisotopic (exact) mass is 350 g/mol. The van der Waals surface area contributed by atoms with E-state index in [0.29, 0.717) is 11.9 Å². The SMILES string of the molecule is CC(NC(=O)c1ccccc1OC(F)F)c1nncn1C1CCCC1. The maximum Gasteiger partial charge on any atom is 0.387 e. The molecule has 0 radical (unpaired) electrons. The number of alkyl halides is 2. The normalized spacial score (nSPS) is 16.2. The molecule has 1 aliphatic carbocycles. The first-order valence-corrected chi connectivity index (χ1v) is 8.30. The molecule has 2 aromatic rings. The van der Waals surface area contributed by atoms with Gasteiger partial charge in [0.2, 0.25) is 0 Å². The van der Waals surface area contributed by atoms with E-state index in [9.17, 15) is 13.6 Å². The zero-order valence-corrected chi connectivity index (χ0v) is 13.9. The van der Waals surface area contributed by atoms with E-state index >= 15 is 0 Å². The third-order valence-corrected chi connectivity index (χ3v) is 4.40. The fraction of sp³-hybridized carbons (Fsp3) is 0.471. The predicted octanol–water partition coefficient (Wildman–Crippen LogP) is 3.49. The van der Waals surface area contributed by atoms with Crippen molar-refractivity contribution in [1.82, 2.24) is 20.1 Å². The first-order chi connectivity index (χ1) is 12.1. The van der Waals surface area contributed by atoms with Gasteiger partial charge >= 0.3 is 6.61 Å². The molecular weight excluding hydrogens is 330 g/mol. The number of ether oxygens (including phenoxy) is 1. The molecule has 1 aliphatic rings. The standard InChI is InChI=1S/C17H20F2N4O2/c1-11(15-22-20-10-23(15)12-6-2-3-7-12)21-16(24)13-8-4-5-9-14(13)25-17(18)19/h4-5,8-12,17H,2-3,6-7H2,1H3,(H,21,24). The highest BCUT2D eigenvalue weighted by Crippen LogP contribution is 2.31. The van der Waals surface area contributed by atoms with Gasteiger partial charge in [0.05, 0.1) is 11.6 Å². The summed E-state index contributed by atoms with van der Waals surface area (Å²) in [7, 11) is 0. The molecule has 1 amide bonds. The largest absolute Gasteiger partial charge is 0.434 e. The van der Waals surface area contributed by atoms with Gasteiger partial charge in [-0.3, -0.25) is 4.79 Å². The van der Waals surface area contributed by atoms with Crippen LogP contribution in [0.25, 0.3) is 0 Å². The van der Waals surface area contributed by atoms with Gasteiger partial charge in [0.25, 0.3) is 5.91 Å². The van der Waals surface area contributed by atoms with Crippen LogP contribution >= 0.6 is 0 Å². The molecule has 1 aromatic heterocycles. The van der Waals surface area contributed by atoms with Crippen molar-refractivity contribution in [3.63, 3.8) is 0 Å². The third-order valence-electron chi connectivity index (χ3n) is 4.40. The third kappa shape index (κ3) is 3.94. The van der Waals surface area contributed by atoms with E-state index < -0.39 is 18.6 Å². The molecule has 0 bridgehead atoms. The summed E-state index contributed by atoms with van der Waals surface area (Å²) < 4.78 is 31.4. The lowest BCUT2D eigenvalue weighted by Gasteiger charge is -2.19. The molecule has 1 heterocycles. The van der Waals surface area contributed by atoms with Crippen molar-refractivity contribution in [2.45, 2.75) is 51.3 Å². The number of amides is 1. The van der Waals surface area contributed by atoms with Crippen molar-refractivity contribution in [1.29, 1.82) is 0 Å². The average Bonchev–Trinajstić information content (AvgIpc) is 3.25. The Kier molecular flexibility index (Phi) is 5.25. The van der Waals surface area contributed by atoms with Crippen LogP contribution in [-0.4, -0.2) is 27.3 Å². The van der Waals surface area contributed by atoms with E-state index in [2.05, 4.69) is 20.3 Å². The van der Waals surface area contributed by atoms with Crippen LogP contribution in [0.1, 0.15) is 60.9 Å². The number of benzene rings is 1. The first-order valence-electron chi connectivity index (χ1n) is 8.30. The van der Waals surface area contributed by atoms with Crippen LogP contribution in [-0.2, 0) is 0 Å². The Labute approximate surface area is 144 Å². The molecule has 1 atom stereocenters. The smallest absolute Gasteiger partial charge is 0.387 e. The van der Waals surface area contributed by atoms with Gasteiger partial charge in [0, 0.05) is 6.04 Å². The van der Waals surface area contributed by atoms with E-state index in [1.54, 1.807) is 19.3 Å². The second-order valence-electron chi connectivity index (χ2n) is 6.10. The number of nitrogens with one attached hydrogen (secondary N) is 1. The Balaban J connectivity index is 1.74. The number of hydrogen-bond acceptors (Lipinski definition) is 4. The number of carbonyl (C=O) groups is 1. The van der Waals surface area contributed by atoms with Gasteiger partial charge in [-0.25, -0.2) is 0 Å². The summed E-state index contributed by atoms with van der Waals surface area (Å²) in [5.74, 6) is 0.0108. The van der Waals surface area contributed by atoms with Crippen LogP contribution in [0.4, 0.5) is 8.78 Å². The second kappa shape index (κ2) is 7.58. The molecular formula is C17H20F2N4O2. The Bertz CT molecular complexity index is 729. The van der Waals surface area contributed by atoms with Crippen molar-refractivity contribution in [3.8, 4) is 5.75 Å². The summed E-state index contributed by atoms with van der Waals surface area (Å²) in [4.78, 5) is 12.5. The summed E-state index contributed by atoms with van der Waals surface area (Å²) >= 11 is 0. The molecule has 0 saturated heterocycles. The summed E-state index contributed by atoms with van der Waals surface area (Å²) in [6.07, 6.45) is 6.15. The van der Waals surface area contributed by atoms with E-state index in [0.717, 1.165) is 12.8 Å². The number of halogens is 2. The summed E-state index contributed by atoms with van der Waals surface area (Å²) in [6.45, 7) is -1.19. The van der Waals surface area contributed by atoms with Gasteiger partial charge < -0.3 is 14.6 Å². The Morgan fingerprint density at radius 2 is 2.04 bits per heavy atom. The van der Waals surface area contributed by atoms with Crippen molar-refractivity contribution in [3.05, 3.63) is 42.0 Å². The zero-order valence-electron chi connectivity index (χ0n) is 13.9. The lowest BCUT2D eigenvalue weighted by Crippen LogP contribution is -2.29. The Hall–Kier alpha value is -2.51. The maximum absolute atomic E-state index is 12.5. The van der Waals surface area contributed by atoms with Gasteiger partial charge in [-0.05, 0) is 31.9 Å². The summed E-state index contributed by atoms with van der Waals surface area (Å²) in [5.41, 5.74) is 0.0570. The second-order valence-corrected chi connectivity index (χ2v) is 6.10. The average molecular weight is 350 g/mol. The van der Waals surface area contributed by atoms with Gasteiger partial charge in [-0.1, -0.05) is 25.0 Å². The van der Waals surface area contributed by atoms with Crippen LogP contribution in [0, 0.1) is 0 Å². The molecule has 8 heteroatoms. The van der Waals surface area contributed by atoms with Crippen LogP contribution in [0.2, 0.25) is 0 Å². The van der Waals surface area contributed by atoms with Gasteiger partial charge in [0.1, 0.15) is 12.1 Å². The zero-order chi connectivity index (χ0) is 17.8. The van der Waals surface area contributed by atoms with Crippen LogP contribution < -0.4 is 10.1 Å². The Morgan fingerprint density at radius 1 is 1.32 bits per heavy atom. The quantitative estimate of drug-likeness (QED) is 0.866. The van der Waals surface area contributed by atoms with Crippen molar-refractivity contribution < 1.29 is 18.3 Å². The fourth-order valence-electron chi connectivity index (χ4n) is 3.22. The number of rotatable bonds is 6. The van der Waals surface area contributed by atoms with Crippen LogP contribution in [0.15, 0.2) is 30.6 Å². The van der Waals surface area contributed by atoms with E-state index in [1.807, 2.05) is 4.57 Å². The number of carbonyl (C=O) groups excluding carboxylic acids is 1. The van der Waals surface area contributed by atoms with E-state index in [1.165, 1.54) is 31.0 Å². The lowest BCUT2D eigenvalue weighted by molar-refractivity contribution is -0.0501. The molecule has 1 unspecified atom stereocenters. The molecule has 1 fully saturated rings. The highest BCUT2D eigenvalue weighted by atomic mass is 19.3. The van der Waals surface area contributed by atoms with Crippen LogP contribution in [0.3, 0.4) is 0 Å². The molecule has 0 aliphatic heterocycles. The minimum absolute atomic E-state index is 0.0570. The minimum atomic E-state index is -2.99. The van der Waals surface area contributed by atoms with Gasteiger partial charge in [0.15, 0.2) is 5.82 Å². The first kappa shape index (κ1) is 17.3. The number of para-hydroxylation sites is 1. The van der Waals surface area contributed by atoms with Crippen LogP contribution in [0.5, 0.6) is 5.75 Å². The topological polar surface area (TPSA) is 69.0 Å². The van der Waals surface area contributed by atoms with Crippen molar-refractivity contribution in [2.24, 2.45) is 0 Å². The van der Waals surface area contributed by atoms with Gasteiger partial charge in [-0.2, -0.15) is 8.78 Å². The molecule has 3 rings (SSSR count). The van der Waals surface area contributed by atoms with Crippen molar-refractivity contribution >= 4 is 5.91 Å². The predicted molar refractivity (Wildman–Crippen MR) is 86.5 cm³/mol. The molecule has 25 heavy (non-hydrogen) atoms. The Morgan fingerprint density at radius 3 is 2.76 bits per heavy atom. The number of hydrogen-bond donors (Lipinski definition) is 1. The molecule has 1 saturated carbocycles. The summed E-state index contributed by atoms with van der Waals surface area (Å²) in [6, 6.07) is 5.86. The summed E-state index contributed by atoms with van der Waals surface area (Å²) in [5, 5.41) is 10.9. The minimum Gasteiger partial charge on any atom is -0.434 e.